The van der Waals surface area contributed by atoms with Crippen LogP contribution in [0.5, 0.6) is 0 Å². The fraction of sp³-hybridized carbons (Fsp3) is 0.417. The van der Waals surface area contributed by atoms with Crippen molar-refractivity contribution in [2.24, 2.45) is 0 Å². The number of aryl methyl sites for hydroxylation is 1. The van der Waals surface area contributed by atoms with E-state index in [1.54, 1.807) is 11.0 Å². The molecular weight excluding hydrogens is 392 g/mol. The van der Waals surface area contributed by atoms with Crippen LogP contribution in [0.2, 0.25) is 0 Å². The standard InChI is InChI=1S/C24H30N4O3/c1-6-12-27-21-20(22(29)26-24(27)31)18(13-19(25-21)15(2)3)23(30)28(16(4)5)14-17-10-8-7-9-11-17/h7-11,13,15-16H,6,12,14H2,1-5H3,(H,26,29,31). The van der Waals surface area contributed by atoms with E-state index in [0.29, 0.717) is 25.2 Å². The molecule has 0 fully saturated rings. The Kier molecular flexibility index (Phi) is 6.73. The van der Waals surface area contributed by atoms with Crippen molar-refractivity contribution in [1.29, 1.82) is 0 Å². The van der Waals surface area contributed by atoms with Gasteiger partial charge in [0.25, 0.3) is 11.5 Å². The number of hydrogen-bond acceptors (Lipinski definition) is 4. The van der Waals surface area contributed by atoms with Gasteiger partial charge < -0.3 is 4.90 Å². The molecule has 0 aliphatic carbocycles. The highest BCUT2D eigenvalue weighted by atomic mass is 16.2. The van der Waals surface area contributed by atoms with Crippen molar-refractivity contribution in [3.8, 4) is 0 Å². The van der Waals surface area contributed by atoms with Gasteiger partial charge in [0, 0.05) is 24.8 Å². The number of pyridine rings is 1. The Morgan fingerprint density at radius 3 is 2.39 bits per heavy atom. The molecule has 3 rings (SSSR count). The summed E-state index contributed by atoms with van der Waals surface area (Å²) in [5.41, 5.74) is 1.15. The Hall–Kier alpha value is -3.22. The Balaban J connectivity index is 2.26. The summed E-state index contributed by atoms with van der Waals surface area (Å²) in [5.74, 6) is -0.220. The normalized spacial score (nSPS) is 11.5. The van der Waals surface area contributed by atoms with Crippen molar-refractivity contribution >= 4 is 16.9 Å². The number of amides is 1. The van der Waals surface area contributed by atoms with Gasteiger partial charge in [-0.1, -0.05) is 51.1 Å². The van der Waals surface area contributed by atoms with Crippen LogP contribution >= 0.6 is 0 Å². The maximum Gasteiger partial charge on any atom is 0.329 e. The summed E-state index contributed by atoms with van der Waals surface area (Å²) in [6, 6.07) is 11.4. The van der Waals surface area contributed by atoms with Crippen LogP contribution in [0.1, 0.15) is 68.6 Å². The third-order valence-electron chi connectivity index (χ3n) is 5.32. The van der Waals surface area contributed by atoms with Gasteiger partial charge in [-0.25, -0.2) is 9.78 Å². The van der Waals surface area contributed by atoms with E-state index in [4.69, 9.17) is 0 Å². The number of nitrogens with zero attached hydrogens (tertiary/aromatic N) is 3. The van der Waals surface area contributed by atoms with Crippen molar-refractivity contribution in [2.45, 2.75) is 66.1 Å². The quantitative estimate of drug-likeness (QED) is 0.629. The number of rotatable bonds is 7. The van der Waals surface area contributed by atoms with E-state index in [2.05, 4.69) is 9.97 Å². The molecule has 2 aromatic heterocycles. The summed E-state index contributed by atoms with van der Waals surface area (Å²) in [7, 11) is 0. The Labute approximate surface area is 181 Å². The zero-order valence-electron chi connectivity index (χ0n) is 18.8. The van der Waals surface area contributed by atoms with Crippen LogP contribution < -0.4 is 11.2 Å². The van der Waals surface area contributed by atoms with Gasteiger partial charge in [0.1, 0.15) is 0 Å². The lowest BCUT2D eigenvalue weighted by Crippen LogP contribution is -2.38. The van der Waals surface area contributed by atoms with Crippen molar-refractivity contribution in [1.82, 2.24) is 19.4 Å². The molecule has 164 valence electrons. The lowest BCUT2D eigenvalue weighted by atomic mass is 10.0. The molecule has 0 spiro atoms. The first-order valence-electron chi connectivity index (χ1n) is 10.8. The molecule has 0 atom stereocenters. The number of carbonyl (C=O) groups excluding carboxylic acids is 1. The van der Waals surface area contributed by atoms with Gasteiger partial charge in [0.15, 0.2) is 5.65 Å². The summed E-state index contributed by atoms with van der Waals surface area (Å²) in [6.45, 7) is 10.6. The minimum absolute atomic E-state index is 0.0297. The number of benzene rings is 1. The minimum Gasteiger partial charge on any atom is -0.332 e. The second-order valence-electron chi connectivity index (χ2n) is 8.37. The average molecular weight is 423 g/mol. The first kappa shape index (κ1) is 22.5. The summed E-state index contributed by atoms with van der Waals surface area (Å²) >= 11 is 0. The molecular formula is C24H30N4O3. The van der Waals surface area contributed by atoms with Crippen LogP contribution in [-0.2, 0) is 13.1 Å². The third-order valence-corrected chi connectivity index (χ3v) is 5.32. The fourth-order valence-electron chi connectivity index (χ4n) is 3.61. The Bertz CT molecular complexity index is 1190. The lowest BCUT2D eigenvalue weighted by molar-refractivity contribution is 0.0692. The van der Waals surface area contributed by atoms with Crippen molar-refractivity contribution < 1.29 is 4.79 Å². The fourth-order valence-corrected chi connectivity index (χ4v) is 3.61. The number of hydrogen-bond donors (Lipinski definition) is 1. The molecule has 0 aliphatic rings. The van der Waals surface area contributed by atoms with Gasteiger partial charge in [-0.3, -0.25) is 19.1 Å². The molecule has 1 aromatic carbocycles. The minimum atomic E-state index is -0.582. The van der Waals surface area contributed by atoms with E-state index in [0.717, 1.165) is 5.56 Å². The molecule has 0 unspecified atom stereocenters. The number of aromatic amines is 1. The van der Waals surface area contributed by atoms with Gasteiger partial charge in [0.2, 0.25) is 0 Å². The second-order valence-corrected chi connectivity index (χ2v) is 8.37. The smallest absolute Gasteiger partial charge is 0.329 e. The Morgan fingerprint density at radius 2 is 1.81 bits per heavy atom. The SMILES string of the molecule is CCCn1c(=O)[nH]c(=O)c2c(C(=O)N(Cc3ccccc3)C(C)C)cc(C(C)C)nc21. The predicted octanol–water partition coefficient (Wildman–Crippen LogP) is 3.67. The van der Waals surface area contributed by atoms with Crippen LogP contribution in [0.15, 0.2) is 46.0 Å². The molecule has 1 amide bonds. The molecule has 0 bridgehead atoms. The highest BCUT2D eigenvalue weighted by Crippen LogP contribution is 2.23. The number of aromatic nitrogens is 3. The molecule has 7 nitrogen and oxygen atoms in total. The van der Waals surface area contributed by atoms with Crippen molar-refractivity contribution in [2.75, 3.05) is 0 Å². The van der Waals surface area contributed by atoms with Crippen LogP contribution in [0, 0.1) is 0 Å². The highest BCUT2D eigenvalue weighted by Gasteiger charge is 2.25. The maximum absolute atomic E-state index is 13.7. The number of fused-ring (bicyclic) bond motifs is 1. The maximum atomic E-state index is 13.7. The first-order chi connectivity index (χ1) is 14.7. The molecule has 2 heterocycles. The van der Waals surface area contributed by atoms with E-state index < -0.39 is 11.2 Å². The lowest BCUT2D eigenvalue weighted by Gasteiger charge is -2.28. The molecule has 0 aliphatic heterocycles. The van der Waals surface area contributed by atoms with Gasteiger partial charge >= 0.3 is 5.69 Å². The van der Waals surface area contributed by atoms with Crippen molar-refractivity contribution in [3.05, 3.63) is 74.1 Å². The molecule has 3 aromatic rings. The van der Waals surface area contributed by atoms with Crippen LogP contribution in [0.25, 0.3) is 11.0 Å². The van der Waals surface area contributed by atoms with Crippen LogP contribution in [-0.4, -0.2) is 31.4 Å². The molecule has 31 heavy (non-hydrogen) atoms. The summed E-state index contributed by atoms with van der Waals surface area (Å²) in [4.78, 5) is 47.8. The Morgan fingerprint density at radius 1 is 1.13 bits per heavy atom. The molecule has 0 saturated carbocycles. The van der Waals surface area contributed by atoms with Crippen molar-refractivity contribution in [3.63, 3.8) is 0 Å². The summed E-state index contributed by atoms with van der Waals surface area (Å²) in [6.07, 6.45) is 0.698. The summed E-state index contributed by atoms with van der Waals surface area (Å²) < 4.78 is 1.45. The first-order valence-corrected chi connectivity index (χ1v) is 10.8. The third kappa shape index (κ3) is 4.60. The molecule has 1 N–H and O–H groups in total. The van der Waals surface area contributed by atoms with Crippen LogP contribution in [0.4, 0.5) is 0 Å². The highest BCUT2D eigenvalue weighted by molar-refractivity contribution is 6.05. The summed E-state index contributed by atoms with van der Waals surface area (Å²) in [5, 5.41) is 0.168. The zero-order chi connectivity index (χ0) is 22.7. The monoisotopic (exact) mass is 422 g/mol. The van der Waals surface area contributed by atoms with E-state index in [9.17, 15) is 14.4 Å². The number of H-pyrrole nitrogens is 1. The van der Waals surface area contributed by atoms with Crippen LogP contribution in [0.3, 0.4) is 0 Å². The zero-order valence-corrected chi connectivity index (χ0v) is 18.8. The largest absolute Gasteiger partial charge is 0.332 e. The number of carbonyl (C=O) groups is 1. The molecule has 0 saturated heterocycles. The van der Waals surface area contributed by atoms with E-state index in [-0.39, 0.29) is 34.5 Å². The van der Waals surface area contributed by atoms with Gasteiger partial charge in [-0.2, -0.15) is 0 Å². The van der Waals surface area contributed by atoms with Gasteiger partial charge in [0.05, 0.1) is 10.9 Å². The van der Waals surface area contributed by atoms with Gasteiger partial charge in [-0.05, 0) is 37.8 Å². The molecule has 7 heteroatoms. The number of nitrogens with one attached hydrogen (secondary N) is 1. The predicted molar refractivity (Wildman–Crippen MR) is 122 cm³/mol. The van der Waals surface area contributed by atoms with E-state index >= 15 is 0 Å². The average Bonchev–Trinajstić information content (AvgIpc) is 2.74. The van der Waals surface area contributed by atoms with E-state index in [1.807, 2.05) is 65.0 Å². The topological polar surface area (TPSA) is 88.1 Å². The second kappa shape index (κ2) is 9.29. The van der Waals surface area contributed by atoms with Gasteiger partial charge in [-0.15, -0.1) is 0 Å². The van der Waals surface area contributed by atoms with E-state index in [1.165, 1.54) is 4.57 Å². The molecule has 0 radical (unpaired) electrons.